The summed E-state index contributed by atoms with van der Waals surface area (Å²) in [6, 6.07) is 13.6. The maximum absolute atomic E-state index is 11.9. The average molecular weight is 307 g/mol. The van der Waals surface area contributed by atoms with Crippen molar-refractivity contribution in [3.8, 4) is 11.5 Å². The van der Waals surface area contributed by atoms with Gasteiger partial charge < -0.3 is 15.3 Å². The van der Waals surface area contributed by atoms with Crippen molar-refractivity contribution in [3.63, 3.8) is 0 Å². The van der Waals surface area contributed by atoms with Crippen molar-refractivity contribution in [2.24, 2.45) is 10.9 Å². The fourth-order valence-electron chi connectivity index (χ4n) is 1.60. The Morgan fingerprint density at radius 3 is 2.14 bits per heavy atom. The number of benzene rings is 2. The summed E-state index contributed by atoms with van der Waals surface area (Å²) in [5, 5.41) is 3.42. The Hall–Kier alpha value is -2.53. The maximum atomic E-state index is 11.9. The van der Waals surface area contributed by atoms with Crippen molar-refractivity contribution >= 4 is 24.6 Å². The van der Waals surface area contributed by atoms with Crippen LogP contribution in [-0.2, 0) is 0 Å². The second kappa shape index (κ2) is 7.91. The molecule has 0 heterocycles. The number of nitrogens with two attached hydrogens (primary N) is 1. The van der Waals surface area contributed by atoms with E-state index in [0.717, 1.165) is 5.56 Å². The van der Waals surface area contributed by atoms with Gasteiger partial charge in [0.25, 0.3) is 0 Å². The maximum Gasteiger partial charge on any atom is 0.343 e. The average Bonchev–Trinajstić information content (AvgIpc) is 2.49. The van der Waals surface area contributed by atoms with Crippen molar-refractivity contribution in [2.75, 3.05) is 7.11 Å². The molecule has 0 saturated heterocycles. The molecule has 21 heavy (non-hydrogen) atoms. The van der Waals surface area contributed by atoms with Crippen LogP contribution in [0.4, 0.5) is 0 Å². The van der Waals surface area contributed by atoms with Crippen LogP contribution >= 0.6 is 12.4 Å². The third-order valence-corrected chi connectivity index (χ3v) is 2.64. The Labute approximate surface area is 128 Å². The highest BCUT2D eigenvalue weighted by Gasteiger charge is 2.08. The zero-order valence-electron chi connectivity index (χ0n) is 11.4. The number of esters is 1. The molecule has 0 amide bonds. The fourth-order valence-corrected chi connectivity index (χ4v) is 1.60. The molecule has 0 atom stereocenters. The standard InChI is InChI=1S/C15H14N2O3.ClH/c1-19-13-8-4-12(5-9-13)15(18)20-14-6-2-11(3-7-14)10-17-16;/h2-10H,16H2,1H3;1H/b17-10+;. The van der Waals surface area contributed by atoms with Gasteiger partial charge in [0.15, 0.2) is 0 Å². The molecule has 0 spiro atoms. The minimum atomic E-state index is -0.423. The molecule has 2 rings (SSSR count). The summed E-state index contributed by atoms with van der Waals surface area (Å²) < 4.78 is 10.3. The van der Waals surface area contributed by atoms with Gasteiger partial charge in [-0.2, -0.15) is 5.10 Å². The Kier molecular flexibility index (Phi) is 6.23. The molecular weight excluding hydrogens is 292 g/mol. The lowest BCUT2D eigenvalue weighted by molar-refractivity contribution is 0.0734. The zero-order valence-corrected chi connectivity index (χ0v) is 12.2. The van der Waals surface area contributed by atoms with E-state index in [4.69, 9.17) is 15.3 Å². The van der Waals surface area contributed by atoms with Gasteiger partial charge in [-0.05, 0) is 54.1 Å². The summed E-state index contributed by atoms with van der Waals surface area (Å²) in [5.41, 5.74) is 1.29. The molecule has 0 aliphatic heterocycles. The van der Waals surface area contributed by atoms with Crippen molar-refractivity contribution in [3.05, 3.63) is 59.7 Å². The SMILES string of the molecule is COc1ccc(C(=O)Oc2ccc(/C=N/N)cc2)cc1.Cl. The van der Waals surface area contributed by atoms with Crippen molar-refractivity contribution < 1.29 is 14.3 Å². The fraction of sp³-hybridized carbons (Fsp3) is 0.0667. The number of halogens is 1. The molecule has 0 unspecified atom stereocenters. The van der Waals surface area contributed by atoms with Crippen LogP contribution in [0, 0.1) is 0 Å². The van der Waals surface area contributed by atoms with E-state index >= 15 is 0 Å². The predicted molar refractivity (Wildman–Crippen MR) is 83.4 cm³/mol. The van der Waals surface area contributed by atoms with Crippen LogP contribution in [0.5, 0.6) is 11.5 Å². The van der Waals surface area contributed by atoms with Crippen LogP contribution in [0.15, 0.2) is 53.6 Å². The topological polar surface area (TPSA) is 73.9 Å². The zero-order chi connectivity index (χ0) is 14.4. The first-order valence-electron chi connectivity index (χ1n) is 5.92. The molecule has 0 aromatic heterocycles. The van der Waals surface area contributed by atoms with Crippen molar-refractivity contribution in [1.82, 2.24) is 0 Å². The molecule has 2 aromatic carbocycles. The number of methoxy groups -OCH3 is 1. The summed E-state index contributed by atoms with van der Waals surface area (Å²) in [7, 11) is 1.57. The largest absolute Gasteiger partial charge is 0.497 e. The van der Waals surface area contributed by atoms with Crippen LogP contribution in [0.2, 0.25) is 0 Å². The van der Waals surface area contributed by atoms with E-state index in [1.165, 1.54) is 6.21 Å². The first kappa shape index (κ1) is 16.5. The molecule has 2 aromatic rings. The molecule has 0 fully saturated rings. The van der Waals surface area contributed by atoms with Gasteiger partial charge in [-0.15, -0.1) is 12.4 Å². The van der Waals surface area contributed by atoms with Gasteiger partial charge in [0, 0.05) is 0 Å². The van der Waals surface area contributed by atoms with E-state index in [9.17, 15) is 4.79 Å². The number of carbonyl (C=O) groups is 1. The molecule has 2 N–H and O–H groups in total. The minimum absolute atomic E-state index is 0. The summed E-state index contributed by atoms with van der Waals surface area (Å²) in [5.74, 6) is 5.77. The smallest absolute Gasteiger partial charge is 0.343 e. The molecular formula is C15H15ClN2O3. The molecule has 6 heteroatoms. The van der Waals surface area contributed by atoms with Crippen LogP contribution in [0.3, 0.4) is 0 Å². The minimum Gasteiger partial charge on any atom is -0.497 e. The van der Waals surface area contributed by atoms with Gasteiger partial charge in [-0.25, -0.2) is 4.79 Å². The van der Waals surface area contributed by atoms with E-state index in [-0.39, 0.29) is 12.4 Å². The third kappa shape index (κ3) is 4.50. The molecule has 0 bridgehead atoms. The molecule has 0 aliphatic rings. The van der Waals surface area contributed by atoms with Crippen molar-refractivity contribution in [2.45, 2.75) is 0 Å². The summed E-state index contributed by atoms with van der Waals surface area (Å²) in [6.45, 7) is 0. The second-order valence-corrected chi connectivity index (χ2v) is 3.97. The van der Waals surface area contributed by atoms with Gasteiger partial charge in [0.2, 0.25) is 0 Å². The van der Waals surface area contributed by atoms with E-state index in [0.29, 0.717) is 17.1 Å². The summed E-state index contributed by atoms with van der Waals surface area (Å²) in [6.07, 6.45) is 1.51. The van der Waals surface area contributed by atoms with Gasteiger partial charge in [-0.1, -0.05) is 0 Å². The van der Waals surface area contributed by atoms with E-state index < -0.39 is 5.97 Å². The van der Waals surface area contributed by atoms with Gasteiger partial charge in [0.1, 0.15) is 11.5 Å². The van der Waals surface area contributed by atoms with Gasteiger partial charge in [0.05, 0.1) is 18.9 Å². The lowest BCUT2D eigenvalue weighted by Crippen LogP contribution is -2.08. The monoisotopic (exact) mass is 306 g/mol. The van der Waals surface area contributed by atoms with E-state index in [1.807, 2.05) is 0 Å². The highest BCUT2D eigenvalue weighted by molar-refractivity contribution is 5.91. The molecule has 110 valence electrons. The summed E-state index contributed by atoms with van der Waals surface area (Å²) in [4.78, 5) is 11.9. The highest BCUT2D eigenvalue weighted by atomic mass is 35.5. The Bertz CT molecular complexity index is 610. The molecule has 0 radical (unpaired) electrons. The summed E-state index contributed by atoms with van der Waals surface area (Å²) >= 11 is 0. The van der Waals surface area contributed by atoms with Crippen molar-refractivity contribution in [1.29, 1.82) is 0 Å². The van der Waals surface area contributed by atoms with Crippen LogP contribution in [0.1, 0.15) is 15.9 Å². The van der Waals surface area contributed by atoms with Gasteiger partial charge in [-0.3, -0.25) is 0 Å². The Balaban J connectivity index is 0.00000220. The highest BCUT2D eigenvalue weighted by Crippen LogP contribution is 2.16. The normalized spacial score (nSPS) is 9.95. The molecule has 0 aliphatic carbocycles. The molecule has 5 nitrogen and oxygen atoms in total. The number of hydrogen-bond acceptors (Lipinski definition) is 5. The Morgan fingerprint density at radius 2 is 1.62 bits per heavy atom. The number of rotatable bonds is 4. The van der Waals surface area contributed by atoms with Gasteiger partial charge >= 0.3 is 5.97 Å². The van der Waals surface area contributed by atoms with E-state index in [2.05, 4.69) is 5.10 Å². The third-order valence-electron chi connectivity index (χ3n) is 2.64. The lowest BCUT2D eigenvalue weighted by atomic mass is 10.2. The van der Waals surface area contributed by atoms with Crippen LogP contribution in [-0.4, -0.2) is 19.3 Å². The predicted octanol–water partition coefficient (Wildman–Crippen LogP) is 2.63. The number of nitrogens with zero attached hydrogens (tertiary/aromatic N) is 1. The van der Waals surface area contributed by atoms with Crippen LogP contribution in [0.25, 0.3) is 0 Å². The lowest BCUT2D eigenvalue weighted by Gasteiger charge is -2.05. The number of carbonyl (C=O) groups excluding carboxylic acids is 1. The second-order valence-electron chi connectivity index (χ2n) is 3.97. The number of hydrogen-bond donors (Lipinski definition) is 1. The Morgan fingerprint density at radius 1 is 1.05 bits per heavy atom. The first-order valence-corrected chi connectivity index (χ1v) is 5.92. The van der Waals surface area contributed by atoms with E-state index in [1.54, 1.807) is 55.6 Å². The number of ether oxygens (including phenoxy) is 2. The van der Waals surface area contributed by atoms with Crippen LogP contribution < -0.4 is 15.3 Å². The quantitative estimate of drug-likeness (QED) is 0.310. The molecule has 0 saturated carbocycles. The number of hydrazone groups is 1. The first-order chi connectivity index (χ1) is 9.72.